The maximum atomic E-state index is 12.5. The topological polar surface area (TPSA) is 66.4 Å². The van der Waals surface area contributed by atoms with E-state index in [0.717, 1.165) is 0 Å². The van der Waals surface area contributed by atoms with Crippen LogP contribution in [0.4, 0.5) is 13.2 Å². The van der Waals surface area contributed by atoms with Gasteiger partial charge in [-0.2, -0.15) is 13.2 Å². The van der Waals surface area contributed by atoms with E-state index in [0.29, 0.717) is 25.7 Å². The fourth-order valence-corrected chi connectivity index (χ4v) is 3.18. The smallest absolute Gasteiger partial charge is 0.391 e. The van der Waals surface area contributed by atoms with Crippen LogP contribution in [0.15, 0.2) is 0 Å². The number of amides is 1. The third kappa shape index (κ3) is 4.35. The lowest BCUT2D eigenvalue weighted by Crippen LogP contribution is -2.47. The molecule has 0 aromatic rings. The van der Waals surface area contributed by atoms with Crippen LogP contribution in [0.5, 0.6) is 0 Å². The molecule has 0 aromatic carbocycles. The van der Waals surface area contributed by atoms with Gasteiger partial charge in [0.25, 0.3) is 0 Å². The second kappa shape index (κ2) is 6.23. The van der Waals surface area contributed by atoms with Crippen molar-refractivity contribution in [1.82, 2.24) is 5.32 Å². The second-order valence-electron chi connectivity index (χ2n) is 6.23. The maximum Gasteiger partial charge on any atom is 0.391 e. The third-order valence-corrected chi connectivity index (χ3v) is 4.64. The largest absolute Gasteiger partial charge is 0.481 e. The molecule has 0 atom stereocenters. The number of aliphatic carboxylic acids is 1. The molecule has 21 heavy (non-hydrogen) atoms. The first-order valence-electron chi connectivity index (χ1n) is 7.34. The van der Waals surface area contributed by atoms with Gasteiger partial charge in [-0.05, 0) is 44.4 Å². The van der Waals surface area contributed by atoms with Crippen molar-refractivity contribution < 1.29 is 27.9 Å². The Balaban J connectivity index is 1.65. The van der Waals surface area contributed by atoms with Gasteiger partial charge in [-0.15, -0.1) is 0 Å². The van der Waals surface area contributed by atoms with Gasteiger partial charge in [0.15, 0.2) is 0 Å². The first kappa shape index (κ1) is 16.1. The van der Waals surface area contributed by atoms with Crippen LogP contribution in [0.1, 0.15) is 44.9 Å². The van der Waals surface area contributed by atoms with E-state index in [4.69, 9.17) is 5.11 Å². The summed E-state index contributed by atoms with van der Waals surface area (Å²) in [6.45, 7) is 0. The number of hydrogen-bond acceptors (Lipinski definition) is 2. The Morgan fingerprint density at radius 1 is 1.10 bits per heavy atom. The molecule has 7 heteroatoms. The highest BCUT2D eigenvalue weighted by Crippen LogP contribution is 2.40. The minimum Gasteiger partial charge on any atom is -0.481 e. The number of halogens is 3. The molecule has 0 radical (unpaired) electrons. The molecule has 4 nitrogen and oxygen atoms in total. The van der Waals surface area contributed by atoms with Crippen LogP contribution in [0.25, 0.3) is 0 Å². The molecule has 2 aliphatic rings. The summed E-state index contributed by atoms with van der Waals surface area (Å²) in [7, 11) is 0. The number of nitrogens with one attached hydrogen (secondary N) is 1. The van der Waals surface area contributed by atoms with Crippen molar-refractivity contribution >= 4 is 11.9 Å². The van der Waals surface area contributed by atoms with E-state index in [1.807, 2.05) is 0 Å². The average molecular weight is 307 g/mol. The number of carbonyl (C=O) groups is 2. The van der Waals surface area contributed by atoms with Gasteiger partial charge in [0.2, 0.25) is 5.91 Å². The summed E-state index contributed by atoms with van der Waals surface area (Å²) >= 11 is 0. The molecular formula is C14H20F3NO3. The molecule has 0 spiro atoms. The molecule has 2 N–H and O–H groups in total. The lowest BCUT2D eigenvalue weighted by molar-refractivity contribution is -0.184. The fraction of sp³-hybridized carbons (Fsp3) is 0.857. The number of carboxylic acid groups (broad SMARTS) is 1. The molecule has 2 aliphatic carbocycles. The Morgan fingerprint density at radius 3 is 2.14 bits per heavy atom. The van der Waals surface area contributed by atoms with E-state index in [-0.39, 0.29) is 43.0 Å². The zero-order valence-electron chi connectivity index (χ0n) is 11.7. The minimum atomic E-state index is -4.12. The molecule has 1 amide bonds. The van der Waals surface area contributed by atoms with E-state index in [2.05, 4.69) is 5.32 Å². The van der Waals surface area contributed by atoms with Crippen LogP contribution in [0.3, 0.4) is 0 Å². The fourth-order valence-electron chi connectivity index (χ4n) is 3.18. The first-order chi connectivity index (χ1) is 9.75. The van der Waals surface area contributed by atoms with Gasteiger partial charge in [-0.1, -0.05) is 0 Å². The summed E-state index contributed by atoms with van der Waals surface area (Å²) in [6, 6.07) is -0.0925. The van der Waals surface area contributed by atoms with Crippen LogP contribution in [-0.2, 0) is 9.59 Å². The van der Waals surface area contributed by atoms with Gasteiger partial charge in [-0.25, -0.2) is 0 Å². The molecular weight excluding hydrogens is 287 g/mol. The van der Waals surface area contributed by atoms with E-state index in [1.165, 1.54) is 0 Å². The molecule has 2 fully saturated rings. The SMILES string of the molecule is O=C(CC1CCC(C(F)(F)F)CC1)NC1CC(C(=O)O)C1. The van der Waals surface area contributed by atoms with Crippen molar-refractivity contribution in [3.05, 3.63) is 0 Å². The summed E-state index contributed by atoms with van der Waals surface area (Å²) in [4.78, 5) is 22.4. The van der Waals surface area contributed by atoms with Crippen LogP contribution in [0, 0.1) is 17.8 Å². The van der Waals surface area contributed by atoms with Gasteiger partial charge in [0.1, 0.15) is 0 Å². The van der Waals surface area contributed by atoms with Crippen molar-refractivity contribution in [1.29, 1.82) is 0 Å². The van der Waals surface area contributed by atoms with E-state index < -0.39 is 18.1 Å². The maximum absolute atomic E-state index is 12.5. The van der Waals surface area contributed by atoms with Crippen molar-refractivity contribution in [2.24, 2.45) is 17.8 Å². The summed E-state index contributed by atoms with van der Waals surface area (Å²) in [5.41, 5.74) is 0. The van der Waals surface area contributed by atoms with Gasteiger partial charge in [-0.3, -0.25) is 9.59 Å². The number of rotatable bonds is 4. The highest BCUT2D eigenvalue weighted by molar-refractivity contribution is 5.77. The molecule has 2 saturated carbocycles. The zero-order valence-corrected chi connectivity index (χ0v) is 11.7. The predicted octanol–water partition coefficient (Wildman–Crippen LogP) is 2.72. The van der Waals surface area contributed by atoms with Crippen LogP contribution in [0.2, 0.25) is 0 Å². The molecule has 0 heterocycles. The average Bonchev–Trinajstić information content (AvgIpc) is 2.32. The van der Waals surface area contributed by atoms with Crippen molar-refractivity contribution in [2.45, 2.75) is 57.2 Å². The van der Waals surface area contributed by atoms with E-state index in [9.17, 15) is 22.8 Å². The zero-order chi connectivity index (χ0) is 15.6. The van der Waals surface area contributed by atoms with Gasteiger partial charge >= 0.3 is 12.1 Å². The molecule has 0 bridgehead atoms. The van der Waals surface area contributed by atoms with Gasteiger partial charge < -0.3 is 10.4 Å². The molecule has 0 unspecified atom stereocenters. The highest BCUT2D eigenvalue weighted by atomic mass is 19.4. The first-order valence-corrected chi connectivity index (χ1v) is 7.34. The summed E-state index contributed by atoms with van der Waals surface area (Å²) in [5, 5.41) is 11.5. The van der Waals surface area contributed by atoms with Gasteiger partial charge in [0, 0.05) is 12.5 Å². The Hall–Kier alpha value is -1.27. The number of carboxylic acids is 1. The molecule has 0 saturated heterocycles. The monoisotopic (exact) mass is 307 g/mol. The molecule has 2 rings (SSSR count). The van der Waals surface area contributed by atoms with Crippen molar-refractivity contribution in [3.8, 4) is 0 Å². The Kier molecular flexibility index (Phi) is 4.78. The highest BCUT2D eigenvalue weighted by Gasteiger charge is 2.41. The van der Waals surface area contributed by atoms with Crippen LogP contribution < -0.4 is 5.32 Å². The number of alkyl halides is 3. The Labute approximate surface area is 121 Å². The number of hydrogen-bond donors (Lipinski definition) is 2. The van der Waals surface area contributed by atoms with Crippen LogP contribution >= 0.6 is 0 Å². The normalized spacial score (nSPS) is 33.1. The second-order valence-corrected chi connectivity index (χ2v) is 6.23. The van der Waals surface area contributed by atoms with E-state index >= 15 is 0 Å². The van der Waals surface area contributed by atoms with E-state index in [1.54, 1.807) is 0 Å². The van der Waals surface area contributed by atoms with Crippen molar-refractivity contribution in [3.63, 3.8) is 0 Å². The quantitative estimate of drug-likeness (QED) is 0.839. The molecule has 0 aliphatic heterocycles. The minimum absolute atomic E-state index is 0.0129. The van der Waals surface area contributed by atoms with Gasteiger partial charge in [0.05, 0.1) is 11.8 Å². The predicted molar refractivity (Wildman–Crippen MR) is 68.4 cm³/mol. The van der Waals surface area contributed by atoms with Crippen molar-refractivity contribution in [2.75, 3.05) is 0 Å². The number of carbonyl (C=O) groups excluding carboxylic acids is 1. The molecule has 120 valence electrons. The lowest BCUT2D eigenvalue weighted by atomic mass is 9.79. The summed E-state index contributed by atoms with van der Waals surface area (Å²) in [6.07, 6.45) is -1.91. The van der Waals surface area contributed by atoms with Crippen LogP contribution in [-0.4, -0.2) is 29.2 Å². The standard InChI is InChI=1S/C14H20F3NO3/c15-14(16,17)10-3-1-8(2-4-10)5-12(19)18-11-6-9(7-11)13(20)21/h8-11H,1-7H2,(H,18,19)(H,20,21). The summed E-state index contributed by atoms with van der Waals surface area (Å²) in [5.74, 6) is -2.60. The molecule has 0 aromatic heterocycles. The third-order valence-electron chi connectivity index (χ3n) is 4.64. The Bertz CT molecular complexity index is 397. The Morgan fingerprint density at radius 2 is 1.67 bits per heavy atom. The lowest BCUT2D eigenvalue weighted by Gasteiger charge is -2.34. The summed E-state index contributed by atoms with van der Waals surface area (Å²) < 4.78 is 37.6.